The summed E-state index contributed by atoms with van der Waals surface area (Å²) in [6.45, 7) is 0.0127. The topological polar surface area (TPSA) is 123 Å². The van der Waals surface area contributed by atoms with E-state index in [1.807, 2.05) is 4.68 Å². The molecule has 0 saturated carbocycles. The highest BCUT2D eigenvalue weighted by molar-refractivity contribution is 7.89. The van der Waals surface area contributed by atoms with Crippen molar-refractivity contribution in [1.29, 1.82) is 0 Å². The lowest BCUT2D eigenvalue weighted by Gasteiger charge is -2.36. The fourth-order valence-electron chi connectivity index (χ4n) is 4.17. The number of non-ortho nitro benzene ring substituents is 1. The van der Waals surface area contributed by atoms with Gasteiger partial charge in [0.1, 0.15) is 0 Å². The molecule has 150 valence electrons. The summed E-state index contributed by atoms with van der Waals surface area (Å²) in [5.41, 5.74) is 0.380. The first kappa shape index (κ1) is 19.0. The van der Waals surface area contributed by atoms with Crippen molar-refractivity contribution in [2.24, 2.45) is 0 Å². The molecule has 28 heavy (non-hydrogen) atoms. The zero-order valence-corrected chi connectivity index (χ0v) is 16.2. The Hall–Kier alpha value is -2.37. The second kappa shape index (κ2) is 7.22. The number of sulfonamides is 1. The summed E-state index contributed by atoms with van der Waals surface area (Å²) in [5.74, 6) is 0. The number of nitrogens with zero attached hydrogens (tertiary/aromatic N) is 5. The molecule has 2 fully saturated rings. The molecule has 3 heterocycles. The lowest BCUT2D eigenvalue weighted by molar-refractivity contribution is -0.384. The molecule has 4 rings (SSSR count). The minimum atomic E-state index is -3.79. The number of nitro benzene ring substituents is 1. The standard InChI is InChI=1S/C17H22N6O4S/c1-21-14-2-3-15(21)9-16(8-14)22-11-12(19-20-22)10-18-28(26,27)17-6-4-13(5-7-17)23(24)25/h4-7,11,14-16,18H,2-3,8-10H2,1H3/t14-,15+,16?. The summed E-state index contributed by atoms with van der Waals surface area (Å²) in [4.78, 5) is 12.5. The maximum Gasteiger partial charge on any atom is 0.269 e. The van der Waals surface area contributed by atoms with Crippen molar-refractivity contribution in [2.75, 3.05) is 7.05 Å². The van der Waals surface area contributed by atoms with Crippen LogP contribution in [0.15, 0.2) is 35.4 Å². The predicted octanol–water partition coefficient (Wildman–Crippen LogP) is 1.46. The quantitative estimate of drug-likeness (QED) is 0.569. The van der Waals surface area contributed by atoms with E-state index in [1.165, 1.54) is 37.1 Å². The van der Waals surface area contributed by atoms with Crippen molar-refractivity contribution in [3.63, 3.8) is 0 Å². The molecule has 2 aliphatic rings. The number of rotatable bonds is 6. The Morgan fingerprint density at radius 3 is 2.43 bits per heavy atom. The van der Waals surface area contributed by atoms with Gasteiger partial charge in [0.2, 0.25) is 10.0 Å². The van der Waals surface area contributed by atoms with Gasteiger partial charge >= 0.3 is 0 Å². The summed E-state index contributed by atoms with van der Waals surface area (Å²) < 4.78 is 29.1. The summed E-state index contributed by atoms with van der Waals surface area (Å²) >= 11 is 0. The molecule has 2 bridgehead atoms. The van der Waals surface area contributed by atoms with Crippen LogP contribution in [-0.2, 0) is 16.6 Å². The molecule has 1 aromatic carbocycles. The van der Waals surface area contributed by atoms with Gasteiger partial charge in [-0.05, 0) is 44.9 Å². The smallest absolute Gasteiger partial charge is 0.269 e. The van der Waals surface area contributed by atoms with Crippen LogP contribution in [0.1, 0.15) is 37.4 Å². The second-order valence-corrected chi connectivity index (χ2v) is 9.21. The highest BCUT2D eigenvalue weighted by Crippen LogP contribution is 2.39. The van der Waals surface area contributed by atoms with E-state index in [-0.39, 0.29) is 17.1 Å². The van der Waals surface area contributed by atoms with E-state index in [0.29, 0.717) is 23.8 Å². The SMILES string of the molecule is CN1[C@@H]2CC[C@H]1CC(n1cc(CNS(=O)(=O)c3ccc([N+](=O)[O-])cc3)nn1)C2. The van der Waals surface area contributed by atoms with Gasteiger partial charge < -0.3 is 4.90 Å². The van der Waals surface area contributed by atoms with Gasteiger partial charge in [0.25, 0.3) is 5.69 Å². The highest BCUT2D eigenvalue weighted by Gasteiger charge is 2.39. The normalized spacial score (nSPS) is 25.1. The number of hydrogen-bond donors (Lipinski definition) is 1. The molecule has 1 unspecified atom stereocenters. The molecule has 2 aromatic rings. The van der Waals surface area contributed by atoms with Crippen molar-refractivity contribution in [3.8, 4) is 0 Å². The van der Waals surface area contributed by atoms with E-state index in [2.05, 4.69) is 27.0 Å². The number of benzene rings is 1. The third-order valence-electron chi connectivity index (χ3n) is 5.81. The fourth-order valence-corrected chi connectivity index (χ4v) is 5.17. The number of nitrogens with one attached hydrogen (secondary N) is 1. The first-order valence-electron chi connectivity index (χ1n) is 9.20. The Morgan fingerprint density at radius 2 is 1.82 bits per heavy atom. The molecule has 0 aliphatic carbocycles. The molecule has 0 amide bonds. The lowest BCUT2D eigenvalue weighted by Crippen LogP contribution is -2.40. The molecule has 3 atom stereocenters. The predicted molar refractivity (Wildman–Crippen MR) is 100.0 cm³/mol. The summed E-state index contributed by atoms with van der Waals surface area (Å²) in [6, 6.07) is 6.21. The van der Waals surface area contributed by atoms with Gasteiger partial charge in [-0.15, -0.1) is 5.10 Å². The number of fused-ring (bicyclic) bond motifs is 2. The minimum Gasteiger partial charge on any atom is -0.300 e. The molecule has 0 spiro atoms. The van der Waals surface area contributed by atoms with Gasteiger partial charge in [0, 0.05) is 24.2 Å². The van der Waals surface area contributed by atoms with Crippen LogP contribution < -0.4 is 4.72 Å². The molecule has 2 aliphatic heterocycles. The van der Waals surface area contributed by atoms with Crippen molar-refractivity contribution >= 4 is 15.7 Å². The molecule has 10 nitrogen and oxygen atoms in total. The highest BCUT2D eigenvalue weighted by atomic mass is 32.2. The maximum atomic E-state index is 12.4. The van der Waals surface area contributed by atoms with Gasteiger partial charge in [0.15, 0.2) is 0 Å². The van der Waals surface area contributed by atoms with Crippen molar-refractivity contribution in [1.82, 2.24) is 24.6 Å². The minimum absolute atomic E-state index is 0.0127. The first-order chi connectivity index (χ1) is 13.3. The van der Waals surface area contributed by atoms with Gasteiger partial charge in [-0.1, -0.05) is 5.21 Å². The summed E-state index contributed by atoms with van der Waals surface area (Å²) in [5, 5.41) is 19.0. The van der Waals surface area contributed by atoms with Crippen molar-refractivity contribution in [3.05, 3.63) is 46.3 Å². The largest absolute Gasteiger partial charge is 0.300 e. The van der Waals surface area contributed by atoms with Crippen LogP contribution >= 0.6 is 0 Å². The van der Waals surface area contributed by atoms with E-state index in [1.54, 1.807) is 6.20 Å². The van der Waals surface area contributed by atoms with Crippen LogP contribution in [0.4, 0.5) is 5.69 Å². The van der Waals surface area contributed by atoms with E-state index < -0.39 is 14.9 Å². The Kier molecular flexibility index (Phi) is 4.89. The van der Waals surface area contributed by atoms with Crippen LogP contribution in [0, 0.1) is 10.1 Å². The Bertz CT molecular complexity index is 960. The Morgan fingerprint density at radius 1 is 1.18 bits per heavy atom. The Balaban J connectivity index is 1.39. The third kappa shape index (κ3) is 3.64. The van der Waals surface area contributed by atoms with E-state index in [4.69, 9.17) is 0 Å². The van der Waals surface area contributed by atoms with Gasteiger partial charge in [-0.25, -0.2) is 17.8 Å². The monoisotopic (exact) mass is 406 g/mol. The van der Waals surface area contributed by atoms with Crippen molar-refractivity contribution in [2.45, 2.75) is 55.2 Å². The molecular formula is C17H22N6O4S. The van der Waals surface area contributed by atoms with Gasteiger partial charge in [-0.2, -0.15) is 0 Å². The zero-order valence-electron chi connectivity index (χ0n) is 15.4. The Labute approximate surface area is 162 Å². The second-order valence-electron chi connectivity index (χ2n) is 7.44. The summed E-state index contributed by atoms with van der Waals surface area (Å²) in [7, 11) is -1.61. The first-order valence-corrected chi connectivity index (χ1v) is 10.7. The van der Waals surface area contributed by atoms with Crippen LogP contribution in [0.5, 0.6) is 0 Å². The average molecular weight is 406 g/mol. The number of piperidine rings is 1. The fraction of sp³-hybridized carbons (Fsp3) is 0.529. The van der Waals surface area contributed by atoms with Gasteiger partial charge in [0.05, 0.1) is 34.3 Å². The van der Waals surface area contributed by atoms with E-state index >= 15 is 0 Å². The summed E-state index contributed by atoms with van der Waals surface area (Å²) in [6.07, 6.45) is 6.30. The number of hydrogen-bond acceptors (Lipinski definition) is 7. The number of aromatic nitrogens is 3. The zero-order chi connectivity index (χ0) is 19.9. The average Bonchev–Trinajstić information content (AvgIpc) is 3.21. The molecule has 2 saturated heterocycles. The molecule has 1 aromatic heterocycles. The van der Waals surface area contributed by atoms with E-state index in [0.717, 1.165) is 12.8 Å². The van der Waals surface area contributed by atoms with Crippen LogP contribution in [0.3, 0.4) is 0 Å². The van der Waals surface area contributed by atoms with Crippen LogP contribution in [0.25, 0.3) is 0 Å². The number of nitro groups is 1. The maximum absolute atomic E-state index is 12.4. The lowest BCUT2D eigenvalue weighted by atomic mass is 9.98. The molecular weight excluding hydrogens is 384 g/mol. The van der Waals surface area contributed by atoms with Crippen molar-refractivity contribution < 1.29 is 13.3 Å². The van der Waals surface area contributed by atoms with E-state index in [9.17, 15) is 18.5 Å². The molecule has 1 N–H and O–H groups in total. The van der Waals surface area contributed by atoms with Crippen LogP contribution in [-0.4, -0.2) is 52.4 Å². The van der Waals surface area contributed by atoms with Gasteiger partial charge in [-0.3, -0.25) is 10.1 Å². The molecule has 11 heteroatoms. The molecule has 0 radical (unpaired) electrons. The van der Waals surface area contributed by atoms with Crippen LogP contribution in [0.2, 0.25) is 0 Å². The third-order valence-corrected chi connectivity index (χ3v) is 7.22.